The number of aromatic nitrogens is 2. The van der Waals surface area contributed by atoms with E-state index in [-0.39, 0.29) is 12.1 Å². The molecular formula is C23H28N6O. The first-order valence-electron chi connectivity index (χ1n) is 10.4. The van der Waals surface area contributed by atoms with Crippen LogP contribution in [0.3, 0.4) is 0 Å². The average molecular weight is 405 g/mol. The van der Waals surface area contributed by atoms with Gasteiger partial charge < -0.3 is 20.9 Å². The molecule has 2 amide bonds. The van der Waals surface area contributed by atoms with E-state index in [9.17, 15) is 4.79 Å². The molecule has 1 fully saturated rings. The summed E-state index contributed by atoms with van der Waals surface area (Å²) >= 11 is 0. The van der Waals surface area contributed by atoms with Gasteiger partial charge >= 0.3 is 6.03 Å². The van der Waals surface area contributed by atoms with Gasteiger partial charge in [0.1, 0.15) is 5.82 Å². The molecular weight excluding hydrogens is 376 g/mol. The number of urea groups is 1. The van der Waals surface area contributed by atoms with Crippen LogP contribution in [0.5, 0.6) is 0 Å². The first kappa shape index (κ1) is 19.9. The molecule has 1 saturated carbocycles. The van der Waals surface area contributed by atoms with Gasteiger partial charge in [0.2, 0.25) is 5.95 Å². The quantitative estimate of drug-likeness (QED) is 0.592. The molecule has 156 valence electrons. The molecule has 2 aromatic carbocycles. The third-order valence-electron chi connectivity index (χ3n) is 5.53. The molecule has 3 aromatic rings. The summed E-state index contributed by atoms with van der Waals surface area (Å²) in [5, 5.41) is 11.7. The third kappa shape index (κ3) is 4.79. The Bertz CT molecular complexity index is 1010. The average Bonchev–Trinajstić information content (AvgIpc) is 2.75. The summed E-state index contributed by atoms with van der Waals surface area (Å²) in [6.07, 6.45) is 5.56. The molecule has 0 saturated heterocycles. The van der Waals surface area contributed by atoms with E-state index in [0.29, 0.717) is 12.0 Å². The summed E-state index contributed by atoms with van der Waals surface area (Å²) in [7, 11) is 3.93. The Kier molecular flexibility index (Phi) is 5.97. The van der Waals surface area contributed by atoms with Crippen LogP contribution in [0.1, 0.15) is 25.7 Å². The van der Waals surface area contributed by atoms with Crippen molar-refractivity contribution in [3.63, 3.8) is 0 Å². The number of amides is 2. The maximum Gasteiger partial charge on any atom is 0.319 e. The number of anilines is 3. The zero-order chi connectivity index (χ0) is 20.9. The van der Waals surface area contributed by atoms with Crippen LogP contribution in [0, 0.1) is 0 Å². The summed E-state index contributed by atoms with van der Waals surface area (Å²) in [5.74, 6) is 1.54. The van der Waals surface area contributed by atoms with Crippen molar-refractivity contribution in [1.82, 2.24) is 15.3 Å². The van der Waals surface area contributed by atoms with E-state index < -0.39 is 0 Å². The highest BCUT2D eigenvalue weighted by Crippen LogP contribution is 2.24. The third-order valence-corrected chi connectivity index (χ3v) is 5.53. The molecule has 0 bridgehead atoms. The molecule has 1 aromatic heterocycles. The summed E-state index contributed by atoms with van der Waals surface area (Å²) < 4.78 is 0. The van der Waals surface area contributed by atoms with E-state index in [4.69, 9.17) is 0 Å². The van der Waals surface area contributed by atoms with E-state index in [1.807, 2.05) is 67.5 Å². The van der Waals surface area contributed by atoms with Crippen molar-refractivity contribution >= 4 is 34.3 Å². The molecule has 0 unspecified atom stereocenters. The number of nitrogens with zero attached hydrogens (tertiary/aromatic N) is 3. The Morgan fingerprint density at radius 1 is 0.967 bits per heavy atom. The van der Waals surface area contributed by atoms with Gasteiger partial charge in [-0.2, -0.15) is 4.98 Å². The second-order valence-corrected chi connectivity index (χ2v) is 7.95. The standard InChI is InChI=1S/C23H28N6O/c1-29(2)21-14-15-24-22(28-21)25-17-10-12-18(13-11-17)26-23(30)27-20-9-5-7-16-6-3-4-8-19(16)20/h3-9,14-15,17-18H,10-13H2,1-2H3,(H,24,25,28)(H2,26,27,30)/t17-,18+. The predicted octanol–water partition coefficient (Wildman–Crippen LogP) is 4.24. The first-order chi connectivity index (χ1) is 14.6. The minimum atomic E-state index is -0.148. The van der Waals surface area contributed by atoms with Crippen LogP contribution in [0.4, 0.5) is 22.2 Å². The van der Waals surface area contributed by atoms with E-state index >= 15 is 0 Å². The first-order valence-corrected chi connectivity index (χ1v) is 10.4. The van der Waals surface area contributed by atoms with Crippen molar-refractivity contribution in [1.29, 1.82) is 0 Å². The lowest BCUT2D eigenvalue weighted by Gasteiger charge is -2.29. The molecule has 3 N–H and O–H groups in total. The predicted molar refractivity (Wildman–Crippen MR) is 122 cm³/mol. The highest BCUT2D eigenvalue weighted by Gasteiger charge is 2.23. The lowest BCUT2D eigenvalue weighted by molar-refractivity contribution is 0.243. The summed E-state index contributed by atoms with van der Waals surface area (Å²) in [4.78, 5) is 23.4. The zero-order valence-electron chi connectivity index (χ0n) is 17.4. The summed E-state index contributed by atoms with van der Waals surface area (Å²) in [6, 6.07) is 16.2. The van der Waals surface area contributed by atoms with Gasteiger partial charge in [0, 0.05) is 37.8 Å². The van der Waals surface area contributed by atoms with Crippen molar-refractivity contribution in [3.05, 3.63) is 54.7 Å². The molecule has 7 heteroatoms. The van der Waals surface area contributed by atoms with Crippen LogP contribution < -0.4 is 20.9 Å². The van der Waals surface area contributed by atoms with Crippen molar-refractivity contribution in [2.45, 2.75) is 37.8 Å². The summed E-state index contributed by atoms with van der Waals surface area (Å²) in [6.45, 7) is 0. The Morgan fingerprint density at radius 2 is 1.70 bits per heavy atom. The summed E-state index contributed by atoms with van der Waals surface area (Å²) in [5.41, 5.74) is 0.832. The van der Waals surface area contributed by atoms with Gasteiger partial charge in [-0.1, -0.05) is 36.4 Å². The molecule has 1 aliphatic carbocycles. The molecule has 0 atom stereocenters. The van der Waals surface area contributed by atoms with Gasteiger partial charge in [0.05, 0.1) is 5.69 Å². The van der Waals surface area contributed by atoms with Gasteiger partial charge in [-0.05, 0) is 43.2 Å². The number of carbonyl (C=O) groups excluding carboxylic acids is 1. The fraction of sp³-hybridized carbons (Fsp3) is 0.348. The van der Waals surface area contributed by atoms with Gasteiger partial charge in [-0.25, -0.2) is 9.78 Å². The normalized spacial score (nSPS) is 18.6. The minimum absolute atomic E-state index is 0.148. The molecule has 0 spiro atoms. The molecule has 0 radical (unpaired) electrons. The Balaban J connectivity index is 1.28. The number of carbonyl (C=O) groups is 1. The maximum atomic E-state index is 12.5. The number of rotatable bonds is 5. The number of fused-ring (bicyclic) bond motifs is 1. The van der Waals surface area contributed by atoms with E-state index in [1.54, 1.807) is 6.20 Å². The topological polar surface area (TPSA) is 82.2 Å². The van der Waals surface area contributed by atoms with E-state index in [2.05, 4.69) is 25.9 Å². The number of nitrogens with one attached hydrogen (secondary N) is 3. The van der Waals surface area contributed by atoms with Gasteiger partial charge in [-0.3, -0.25) is 0 Å². The van der Waals surface area contributed by atoms with Crippen molar-refractivity contribution in [2.24, 2.45) is 0 Å². The Hall–Kier alpha value is -3.35. The largest absolute Gasteiger partial charge is 0.363 e. The van der Waals surface area contributed by atoms with Gasteiger partial charge in [0.15, 0.2) is 0 Å². The van der Waals surface area contributed by atoms with Crippen LogP contribution in [0.25, 0.3) is 10.8 Å². The fourth-order valence-electron chi connectivity index (χ4n) is 3.91. The minimum Gasteiger partial charge on any atom is -0.363 e. The molecule has 1 aliphatic rings. The molecule has 30 heavy (non-hydrogen) atoms. The van der Waals surface area contributed by atoms with Crippen LogP contribution in [0.2, 0.25) is 0 Å². The molecule has 4 rings (SSSR count). The Labute approximate surface area is 176 Å². The molecule has 0 aliphatic heterocycles. The number of hydrogen-bond acceptors (Lipinski definition) is 5. The van der Waals surface area contributed by atoms with Crippen molar-refractivity contribution in [3.8, 4) is 0 Å². The lowest BCUT2D eigenvalue weighted by Crippen LogP contribution is -2.42. The molecule has 7 nitrogen and oxygen atoms in total. The monoisotopic (exact) mass is 404 g/mol. The van der Waals surface area contributed by atoms with Crippen molar-refractivity contribution in [2.75, 3.05) is 29.6 Å². The van der Waals surface area contributed by atoms with Gasteiger partial charge in [-0.15, -0.1) is 0 Å². The maximum absolute atomic E-state index is 12.5. The van der Waals surface area contributed by atoms with E-state index in [1.165, 1.54) is 0 Å². The lowest BCUT2D eigenvalue weighted by atomic mass is 9.91. The molecule has 1 heterocycles. The highest BCUT2D eigenvalue weighted by molar-refractivity contribution is 6.01. The second kappa shape index (κ2) is 8.98. The van der Waals surface area contributed by atoms with Crippen LogP contribution >= 0.6 is 0 Å². The number of benzene rings is 2. The smallest absolute Gasteiger partial charge is 0.319 e. The second-order valence-electron chi connectivity index (χ2n) is 7.95. The zero-order valence-corrected chi connectivity index (χ0v) is 17.4. The van der Waals surface area contributed by atoms with Crippen molar-refractivity contribution < 1.29 is 4.79 Å². The number of hydrogen-bond donors (Lipinski definition) is 3. The highest BCUT2D eigenvalue weighted by atomic mass is 16.2. The fourth-order valence-corrected chi connectivity index (χ4v) is 3.91. The Morgan fingerprint density at radius 3 is 2.50 bits per heavy atom. The van der Waals surface area contributed by atoms with Crippen LogP contribution in [0.15, 0.2) is 54.7 Å². The SMILES string of the molecule is CN(C)c1ccnc(N[C@H]2CC[C@@H](NC(=O)Nc3cccc4ccccc34)CC2)n1. The van der Waals surface area contributed by atoms with E-state index in [0.717, 1.165) is 48.0 Å². The van der Waals surface area contributed by atoms with Gasteiger partial charge in [0.25, 0.3) is 0 Å². The van der Waals surface area contributed by atoms with Crippen LogP contribution in [-0.2, 0) is 0 Å². The van der Waals surface area contributed by atoms with Crippen LogP contribution in [-0.4, -0.2) is 42.2 Å².